The minimum atomic E-state index is 0.295. The van der Waals surface area contributed by atoms with Gasteiger partial charge in [0.15, 0.2) is 0 Å². The minimum absolute atomic E-state index is 0.295. The maximum atomic E-state index is 5.70. The summed E-state index contributed by atoms with van der Waals surface area (Å²) < 4.78 is 3.09. The minimum Gasteiger partial charge on any atom is -0.328 e. The molecule has 0 fully saturated rings. The number of aromatic nitrogens is 2. The molecule has 0 bridgehead atoms. The highest BCUT2D eigenvalue weighted by Crippen LogP contribution is 2.21. The van der Waals surface area contributed by atoms with Gasteiger partial charge >= 0.3 is 0 Å². The molecule has 0 amide bonds. The first kappa shape index (κ1) is 11.7. The monoisotopic (exact) mass is 259 g/mol. The maximum absolute atomic E-state index is 5.70. The summed E-state index contributed by atoms with van der Waals surface area (Å²) in [6.45, 7) is 4.06. The van der Waals surface area contributed by atoms with E-state index in [0.29, 0.717) is 6.04 Å². The molecule has 0 radical (unpaired) electrons. The van der Waals surface area contributed by atoms with E-state index in [1.807, 2.05) is 25.6 Å². The standard InChI is InChI=1S/C10H18BrN3/c1-7(12)5-4-6-9-10(11)8(2)13-14(9)3/h7H,4-6,12H2,1-3H3. The first-order valence-electron chi connectivity index (χ1n) is 4.96. The van der Waals surface area contributed by atoms with Crippen LogP contribution in [0.25, 0.3) is 0 Å². The van der Waals surface area contributed by atoms with Gasteiger partial charge in [-0.25, -0.2) is 0 Å². The molecule has 0 aliphatic carbocycles. The molecule has 80 valence electrons. The summed E-state index contributed by atoms with van der Waals surface area (Å²) in [5.41, 5.74) is 8.03. The number of hydrogen-bond donors (Lipinski definition) is 1. The molecule has 1 aromatic rings. The van der Waals surface area contributed by atoms with Gasteiger partial charge < -0.3 is 5.73 Å². The van der Waals surface area contributed by atoms with Crippen LogP contribution in [0.4, 0.5) is 0 Å². The quantitative estimate of drug-likeness (QED) is 0.901. The van der Waals surface area contributed by atoms with Crippen LogP contribution in [0.1, 0.15) is 31.2 Å². The second kappa shape index (κ2) is 4.94. The number of nitrogens with two attached hydrogens (primary N) is 1. The number of hydrogen-bond acceptors (Lipinski definition) is 2. The highest BCUT2D eigenvalue weighted by molar-refractivity contribution is 9.10. The summed E-state index contributed by atoms with van der Waals surface area (Å²) >= 11 is 3.55. The van der Waals surface area contributed by atoms with Crippen LogP contribution >= 0.6 is 15.9 Å². The van der Waals surface area contributed by atoms with Crippen LogP contribution in [-0.2, 0) is 13.5 Å². The Bertz CT molecular complexity index is 305. The van der Waals surface area contributed by atoms with Crippen LogP contribution in [0.5, 0.6) is 0 Å². The lowest BCUT2D eigenvalue weighted by atomic mass is 10.1. The smallest absolute Gasteiger partial charge is 0.0738 e. The average molecular weight is 260 g/mol. The molecule has 1 unspecified atom stereocenters. The Labute approximate surface area is 93.8 Å². The Hall–Kier alpha value is -0.350. The van der Waals surface area contributed by atoms with E-state index in [4.69, 9.17) is 5.73 Å². The number of rotatable bonds is 4. The zero-order valence-electron chi connectivity index (χ0n) is 9.05. The number of nitrogens with zero attached hydrogens (tertiary/aromatic N) is 2. The summed E-state index contributed by atoms with van der Waals surface area (Å²) in [4.78, 5) is 0. The van der Waals surface area contributed by atoms with Crippen LogP contribution < -0.4 is 5.73 Å². The zero-order chi connectivity index (χ0) is 10.7. The van der Waals surface area contributed by atoms with Crippen molar-refractivity contribution in [3.63, 3.8) is 0 Å². The van der Waals surface area contributed by atoms with E-state index in [-0.39, 0.29) is 0 Å². The van der Waals surface area contributed by atoms with E-state index < -0.39 is 0 Å². The molecular formula is C10H18BrN3. The van der Waals surface area contributed by atoms with Crippen LogP contribution in [-0.4, -0.2) is 15.8 Å². The predicted molar refractivity (Wildman–Crippen MR) is 62.2 cm³/mol. The predicted octanol–water partition coefficient (Wildman–Crippen LogP) is 2.16. The summed E-state index contributed by atoms with van der Waals surface area (Å²) in [6, 6.07) is 0.295. The molecule has 1 rings (SSSR count). The van der Waals surface area contributed by atoms with Gasteiger partial charge in [-0.15, -0.1) is 0 Å². The van der Waals surface area contributed by atoms with Gasteiger partial charge in [-0.2, -0.15) is 5.10 Å². The molecule has 0 aliphatic heterocycles. The van der Waals surface area contributed by atoms with Crippen molar-refractivity contribution in [3.05, 3.63) is 15.9 Å². The second-order valence-electron chi connectivity index (χ2n) is 3.84. The summed E-state index contributed by atoms with van der Waals surface area (Å²) in [5.74, 6) is 0. The first-order valence-corrected chi connectivity index (χ1v) is 5.75. The van der Waals surface area contributed by atoms with Gasteiger partial charge in [-0.05, 0) is 49.0 Å². The van der Waals surface area contributed by atoms with Crippen molar-refractivity contribution in [1.29, 1.82) is 0 Å². The van der Waals surface area contributed by atoms with E-state index >= 15 is 0 Å². The third kappa shape index (κ3) is 2.82. The Balaban J connectivity index is 2.58. The van der Waals surface area contributed by atoms with Crippen molar-refractivity contribution in [2.24, 2.45) is 12.8 Å². The molecule has 1 heterocycles. The van der Waals surface area contributed by atoms with Gasteiger partial charge in [0.25, 0.3) is 0 Å². The number of aryl methyl sites for hydroxylation is 2. The lowest BCUT2D eigenvalue weighted by molar-refractivity contribution is 0.600. The van der Waals surface area contributed by atoms with E-state index in [0.717, 1.165) is 29.4 Å². The summed E-state index contributed by atoms with van der Waals surface area (Å²) in [7, 11) is 1.99. The van der Waals surface area contributed by atoms with E-state index in [2.05, 4.69) is 21.0 Å². The van der Waals surface area contributed by atoms with Crippen LogP contribution in [0.2, 0.25) is 0 Å². The Morgan fingerprint density at radius 2 is 2.21 bits per heavy atom. The Morgan fingerprint density at radius 1 is 1.57 bits per heavy atom. The fraction of sp³-hybridized carbons (Fsp3) is 0.700. The van der Waals surface area contributed by atoms with Crippen molar-refractivity contribution in [1.82, 2.24) is 9.78 Å². The third-order valence-electron chi connectivity index (χ3n) is 2.33. The third-order valence-corrected chi connectivity index (χ3v) is 3.37. The molecule has 0 aliphatic rings. The highest BCUT2D eigenvalue weighted by atomic mass is 79.9. The molecule has 3 nitrogen and oxygen atoms in total. The van der Waals surface area contributed by atoms with E-state index in [1.165, 1.54) is 5.69 Å². The fourth-order valence-electron chi connectivity index (χ4n) is 1.54. The highest BCUT2D eigenvalue weighted by Gasteiger charge is 2.09. The van der Waals surface area contributed by atoms with Crippen LogP contribution in [0.15, 0.2) is 4.47 Å². The SMILES string of the molecule is Cc1nn(C)c(CCCC(C)N)c1Br. The summed E-state index contributed by atoms with van der Waals surface area (Å²) in [5, 5.41) is 4.35. The molecule has 0 spiro atoms. The van der Waals surface area contributed by atoms with Crippen molar-refractivity contribution >= 4 is 15.9 Å². The lowest BCUT2D eigenvalue weighted by Gasteiger charge is -2.05. The lowest BCUT2D eigenvalue weighted by Crippen LogP contribution is -2.14. The van der Waals surface area contributed by atoms with Gasteiger partial charge in [-0.3, -0.25) is 4.68 Å². The maximum Gasteiger partial charge on any atom is 0.0738 e. The first-order chi connectivity index (χ1) is 6.52. The van der Waals surface area contributed by atoms with Crippen LogP contribution in [0, 0.1) is 6.92 Å². The zero-order valence-corrected chi connectivity index (χ0v) is 10.6. The van der Waals surface area contributed by atoms with Crippen molar-refractivity contribution < 1.29 is 0 Å². The van der Waals surface area contributed by atoms with Crippen molar-refractivity contribution in [2.45, 2.75) is 39.2 Å². The number of halogens is 1. The molecule has 0 saturated heterocycles. The van der Waals surface area contributed by atoms with Gasteiger partial charge in [0.05, 0.1) is 15.9 Å². The topological polar surface area (TPSA) is 43.8 Å². The molecule has 4 heteroatoms. The normalized spacial score (nSPS) is 13.2. The largest absolute Gasteiger partial charge is 0.328 e. The molecule has 0 saturated carbocycles. The van der Waals surface area contributed by atoms with Gasteiger partial charge in [0, 0.05) is 13.1 Å². The van der Waals surface area contributed by atoms with Gasteiger partial charge in [0.2, 0.25) is 0 Å². The molecular weight excluding hydrogens is 242 g/mol. The Morgan fingerprint density at radius 3 is 2.64 bits per heavy atom. The van der Waals surface area contributed by atoms with Gasteiger partial charge in [0.1, 0.15) is 0 Å². The van der Waals surface area contributed by atoms with Gasteiger partial charge in [-0.1, -0.05) is 0 Å². The van der Waals surface area contributed by atoms with Crippen molar-refractivity contribution in [2.75, 3.05) is 0 Å². The molecule has 1 aromatic heterocycles. The fourth-order valence-corrected chi connectivity index (χ4v) is 2.08. The molecule has 0 aromatic carbocycles. The average Bonchev–Trinajstić information content (AvgIpc) is 2.31. The Kier molecular flexibility index (Phi) is 4.13. The van der Waals surface area contributed by atoms with E-state index in [1.54, 1.807) is 0 Å². The molecule has 1 atom stereocenters. The second-order valence-corrected chi connectivity index (χ2v) is 4.63. The van der Waals surface area contributed by atoms with Crippen molar-refractivity contribution in [3.8, 4) is 0 Å². The molecule has 2 N–H and O–H groups in total. The van der Waals surface area contributed by atoms with Crippen LogP contribution in [0.3, 0.4) is 0 Å². The van der Waals surface area contributed by atoms with E-state index in [9.17, 15) is 0 Å². The molecule has 14 heavy (non-hydrogen) atoms. The summed E-state index contributed by atoms with van der Waals surface area (Å²) in [6.07, 6.45) is 3.23.